The fourth-order valence-electron chi connectivity index (χ4n) is 1.10. The molecule has 0 heterocycles. The first kappa shape index (κ1) is 14.9. The average molecular weight is 225 g/mol. The van der Waals surface area contributed by atoms with Crippen molar-refractivity contribution in [3.63, 3.8) is 0 Å². The van der Waals surface area contributed by atoms with E-state index in [0.29, 0.717) is 6.54 Å². The van der Waals surface area contributed by atoms with Crippen molar-refractivity contribution in [2.75, 3.05) is 33.8 Å². The van der Waals surface area contributed by atoms with Crippen LogP contribution in [0.1, 0.15) is 5.56 Å². The van der Waals surface area contributed by atoms with Gasteiger partial charge in [-0.3, -0.25) is 0 Å². The summed E-state index contributed by atoms with van der Waals surface area (Å²) in [6, 6.07) is 7.97. The van der Waals surface area contributed by atoms with Crippen LogP contribution < -0.4 is 21.5 Å². The highest BCUT2D eigenvalue weighted by Gasteiger charge is 1.91. The third-order valence-electron chi connectivity index (χ3n) is 1.99. The van der Waals surface area contributed by atoms with Gasteiger partial charge in [-0.2, -0.15) is 0 Å². The zero-order valence-electron chi connectivity index (χ0n) is 10.2. The van der Waals surface area contributed by atoms with E-state index < -0.39 is 0 Å². The highest BCUT2D eigenvalue weighted by atomic mass is 16.5. The third kappa shape index (κ3) is 7.23. The Kier molecular flexibility index (Phi) is 9.70. The molecule has 5 N–H and O–H groups in total. The van der Waals surface area contributed by atoms with Crippen molar-refractivity contribution in [2.24, 2.45) is 11.5 Å². The highest BCUT2D eigenvalue weighted by molar-refractivity contribution is 5.27. The second-order valence-corrected chi connectivity index (χ2v) is 3.28. The van der Waals surface area contributed by atoms with Crippen molar-refractivity contribution in [3.8, 4) is 5.75 Å². The first-order chi connectivity index (χ1) is 7.78. The standard InChI is InChI=1S/C9H13NO.C3H10N2/c1-11-9-4-2-8(3-5-9)6-7-10;1-5-3-2-4/h2-5H,6-7,10H2,1H3;5H,2-4H2,1H3. The van der Waals surface area contributed by atoms with E-state index in [2.05, 4.69) is 5.32 Å². The summed E-state index contributed by atoms with van der Waals surface area (Å²) >= 11 is 0. The van der Waals surface area contributed by atoms with Gasteiger partial charge in [-0.15, -0.1) is 0 Å². The molecule has 0 saturated carbocycles. The molecule has 0 unspecified atom stereocenters. The Labute approximate surface area is 98.0 Å². The van der Waals surface area contributed by atoms with Crippen LogP contribution in [0.3, 0.4) is 0 Å². The van der Waals surface area contributed by atoms with Crippen molar-refractivity contribution >= 4 is 0 Å². The number of benzene rings is 1. The largest absolute Gasteiger partial charge is 0.497 e. The van der Waals surface area contributed by atoms with Gasteiger partial charge < -0.3 is 21.5 Å². The Morgan fingerprint density at radius 1 is 1.12 bits per heavy atom. The van der Waals surface area contributed by atoms with Crippen LogP contribution in [0, 0.1) is 0 Å². The molecule has 16 heavy (non-hydrogen) atoms. The van der Waals surface area contributed by atoms with Gasteiger partial charge in [0.05, 0.1) is 7.11 Å². The second-order valence-electron chi connectivity index (χ2n) is 3.28. The van der Waals surface area contributed by atoms with Crippen molar-refractivity contribution in [2.45, 2.75) is 6.42 Å². The summed E-state index contributed by atoms with van der Waals surface area (Å²) in [5.74, 6) is 0.894. The fourth-order valence-corrected chi connectivity index (χ4v) is 1.10. The zero-order valence-corrected chi connectivity index (χ0v) is 10.2. The van der Waals surface area contributed by atoms with Gasteiger partial charge in [0.1, 0.15) is 5.75 Å². The molecule has 0 aliphatic rings. The molecule has 0 spiro atoms. The van der Waals surface area contributed by atoms with E-state index in [4.69, 9.17) is 16.2 Å². The summed E-state index contributed by atoms with van der Waals surface area (Å²) in [5, 5.41) is 2.89. The topological polar surface area (TPSA) is 73.3 Å². The normalized spacial score (nSPS) is 9.25. The smallest absolute Gasteiger partial charge is 0.118 e. The molecule has 1 aromatic carbocycles. The number of hydrogen-bond donors (Lipinski definition) is 3. The number of nitrogens with one attached hydrogen (secondary N) is 1. The maximum absolute atomic E-state index is 5.40. The van der Waals surface area contributed by atoms with Crippen LogP contribution >= 0.6 is 0 Å². The van der Waals surface area contributed by atoms with Gasteiger partial charge in [-0.05, 0) is 37.7 Å². The molecular formula is C12H23N3O. The summed E-state index contributed by atoms with van der Waals surface area (Å²) < 4.78 is 5.02. The molecule has 0 aromatic heterocycles. The van der Waals surface area contributed by atoms with Gasteiger partial charge in [-0.25, -0.2) is 0 Å². The van der Waals surface area contributed by atoms with Gasteiger partial charge in [0.25, 0.3) is 0 Å². The maximum Gasteiger partial charge on any atom is 0.118 e. The van der Waals surface area contributed by atoms with Crippen LogP contribution in [0.5, 0.6) is 5.75 Å². The van der Waals surface area contributed by atoms with Crippen LogP contribution in [0.15, 0.2) is 24.3 Å². The first-order valence-electron chi connectivity index (χ1n) is 5.46. The molecule has 0 aliphatic heterocycles. The molecule has 0 atom stereocenters. The van der Waals surface area contributed by atoms with E-state index in [1.807, 2.05) is 31.3 Å². The van der Waals surface area contributed by atoms with Gasteiger partial charge in [0.15, 0.2) is 0 Å². The number of nitrogens with two attached hydrogens (primary N) is 2. The predicted molar refractivity (Wildman–Crippen MR) is 68.7 cm³/mol. The summed E-state index contributed by atoms with van der Waals surface area (Å²) in [4.78, 5) is 0. The number of hydrogen-bond acceptors (Lipinski definition) is 4. The van der Waals surface area contributed by atoms with Gasteiger partial charge in [0.2, 0.25) is 0 Å². The summed E-state index contributed by atoms with van der Waals surface area (Å²) in [6.07, 6.45) is 0.935. The predicted octanol–water partition coefficient (Wildman–Crippen LogP) is 0.361. The Balaban J connectivity index is 0.000000385. The lowest BCUT2D eigenvalue weighted by molar-refractivity contribution is 0.414. The molecular weight excluding hydrogens is 202 g/mol. The van der Waals surface area contributed by atoms with Crippen LogP contribution in [-0.2, 0) is 6.42 Å². The van der Waals surface area contributed by atoms with E-state index in [9.17, 15) is 0 Å². The Morgan fingerprint density at radius 3 is 2.06 bits per heavy atom. The number of rotatable bonds is 5. The van der Waals surface area contributed by atoms with E-state index in [1.165, 1.54) is 5.56 Å². The molecule has 1 aromatic rings. The fraction of sp³-hybridized carbons (Fsp3) is 0.500. The minimum atomic E-state index is 0.701. The van der Waals surface area contributed by atoms with Crippen LogP contribution in [-0.4, -0.2) is 33.8 Å². The van der Waals surface area contributed by atoms with Crippen molar-refractivity contribution in [3.05, 3.63) is 29.8 Å². The molecule has 0 amide bonds. The Bertz CT molecular complexity index is 247. The number of ether oxygens (including phenoxy) is 1. The maximum atomic E-state index is 5.40. The van der Waals surface area contributed by atoms with Crippen molar-refractivity contribution < 1.29 is 4.74 Å². The minimum absolute atomic E-state index is 0.701. The second kappa shape index (κ2) is 10.4. The quantitative estimate of drug-likeness (QED) is 0.676. The van der Waals surface area contributed by atoms with E-state index in [0.717, 1.165) is 25.3 Å². The Hall–Kier alpha value is -1.10. The molecule has 0 bridgehead atoms. The van der Waals surface area contributed by atoms with Crippen LogP contribution in [0.25, 0.3) is 0 Å². The molecule has 92 valence electrons. The van der Waals surface area contributed by atoms with Crippen LogP contribution in [0.2, 0.25) is 0 Å². The molecule has 4 heteroatoms. The number of likely N-dealkylation sites (N-methyl/N-ethyl adjacent to an activating group) is 1. The summed E-state index contributed by atoms with van der Waals surface area (Å²) in [5.41, 5.74) is 11.7. The molecule has 1 rings (SSSR count). The van der Waals surface area contributed by atoms with Gasteiger partial charge in [0, 0.05) is 13.1 Å². The van der Waals surface area contributed by atoms with Crippen molar-refractivity contribution in [1.82, 2.24) is 5.32 Å². The first-order valence-corrected chi connectivity index (χ1v) is 5.46. The monoisotopic (exact) mass is 225 g/mol. The van der Waals surface area contributed by atoms with E-state index in [-0.39, 0.29) is 0 Å². The van der Waals surface area contributed by atoms with Gasteiger partial charge >= 0.3 is 0 Å². The SMILES string of the molecule is CNCCN.COc1ccc(CCN)cc1. The molecule has 4 nitrogen and oxygen atoms in total. The average Bonchev–Trinajstić information content (AvgIpc) is 2.32. The zero-order chi connectivity index (χ0) is 12.2. The minimum Gasteiger partial charge on any atom is -0.497 e. The lowest BCUT2D eigenvalue weighted by Gasteiger charge is -2.00. The molecule has 0 saturated heterocycles. The molecule has 0 fully saturated rings. The van der Waals surface area contributed by atoms with Crippen molar-refractivity contribution in [1.29, 1.82) is 0 Å². The molecule has 0 aliphatic carbocycles. The lowest BCUT2D eigenvalue weighted by Crippen LogP contribution is -2.17. The van der Waals surface area contributed by atoms with Crippen LogP contribution in [0.4, 0.5) is 0 Å². The molecule has 0 radical (unpaired) electrons. The third-order valence-corrected chi connectivity index (χ3v) is 1.99. The summed E-state index contributed by atoms with van der Waals surface area (Å²) in [7, 11) is 3.55. The van der Waals surface area contributed by atoms with E-state index in [1.54, 1.807) is 7.11 Å². The van der Waals surface area contributed by atoms with Gasteiger partial charge in [-0.1, -0.05) is 12.1 Å². The summed E-state index contributed by atoms with van der Waals surface area (Å²) in [6.45, 7) is 2.35. The number of methoxy groups -OCH3 is 1. The Morgan fingerprint density at radius 2 is 1.75 bits per heavy atom. The lowest BCUT2D eigenvalue weighted by atomic mass is 10.1. The highest BCUT2D eigenvalue weighted by Crippen LogP contribution is 2.10. The van der Waals surface area contributed by atoms with E-state index >= 15 is 0 Å².